The quantitative estimate of drug-likeness (QED) is 0.903. The molecule has 5 nitrogen and oxygen atoms in total. The van der Waals surface area contributed by atoms with Gasteiger partial charge in [0.05, 0.1) is 18.6 Å². The number of nitrogens with zero attached hydrogens (tertiary/aromatic N) is 3. The van der Waals surface area contributed by atoms with E-state index in [2.05, 4.69) is 19.9 Å². The van der Waals surface area contributed by atoms with Crippen LogP contribution in [-0.4, -0.2) is 27.7 Å². The average molecular weight is 262 g/mol. The molecule has 0 spiro atoms. The monoisotopic (exact) mass is 262 g/mol. The Morgan fingerprint density at radius 2 is 2.47 bits per heavy atom. The maximum Gasteiger partial charge on any atom is 0.250 e. The summed E-state index contributed by atoms with van der Waals surface area (Å²) in [6.45, 7) is 2.87. The molecule has 100 valence electrons. The van der Waals surface area contributed by atoms with Gasteiger partial charge in [0.1, 0.15) is 0 Å². The first kappa shape index (κ1) is 12.1. The van der Waals surface area contributed by atoms with Gasteiger partial charge in [-0.2, -0.15) is 0 Å². The number of hydrogen-bond acceptors (Lipinski definition) is 4. The fourth-order valence-electron chi connectivity index (χ4n) is 2.19. The molecule has 0 saturated carbocycles. The van der Waals surface area contributed by atoms with Gasteiger partial charge in [-0.15, -0.1) is 0 Å². The van der Waals surface area contributed by atoms with E-state index in [1.807, 2.05) is 12.5 Å². The molecule has 0 amide bonds. The van der Waals surface area contributed by atoms with Crippen molar-refractivity contribution in [1.29, 1.82) is 0 Å². The molecule has 2 aromatic rings. The van der Waals surface area contributed by atoms with E-state index < -0.39 is 5.82 Å². The van der Waals surface area contributed by atoms with Crippen LogP contribution in [0.15, 0.2) is 30.9 Å². The SMILES string of the molecule is Fc1cccnc1OCC1CNCc2cncn2C1. The Bertz CT molecular complexity index is 557. The maximum atomic E-state index is 13.4. The van der Waals surface area contributed by atoms with Crippen molar-refractivity contribution in [1.82, 2.24) is 19.9 Å². The lowest BCUT2D eigenvalue weighted by Crippen LogP contribution is -2.26. The van der Waals surface area contributed by atoms with Crippen LogP contribution in [0.1, 0.15) is 5.69 Å². The van der Waals surface area contributed by atoms with Crippen LogP contribution in [0.2, 0.25) is 0 Å². The summed E-state index contributed by atoms with van der Waals surface area (Å²) in [4.78, 5) is 8.01. The largest absolute Gasteiger partial charge is 0.475 e. The lowest BCUT2D eigenvalue weighted by molar-refractivity contribution is 0.216. The Kier molecular flexibility index (Phi) is 3.41. The Morgan fingerprint density at radius 1 is 1.53 bits per heavy atom. The van der Waals surface area contributed by atoms with Gasteiger partial charge in [0.15, 0.2) is 5.82 Å². The molecule has 2 aromatic heterocycles. The normalized spacial score (nSPS) is 18.7. The van der Waals surface area contributed by atoms with Gasteiger partial charge in [-0.25, -0.2) is 14.4 Å². The minimum Gasteiger partial charge on any atom is -0.475 e. The van der Waals surface area contributed by atoms with Gasteiger partial charge in [0, 0.05) is 37.9 Å². The number of aromatic nitrogens is 3. The molecule has 0 saturated heterocycles. The molecular weight excluding hydrogens is 247 g/mol. The molecule has 3 rings (SSSR count). The molecule has 1 aliphatic rings. The molecule has 1 aliphatic heterocycles. The highest BCUT2D eigenvalue weighted by molar-refractivity contribution is 5.12. The maximum absolute atomic E-state index is 13.4. The topological polar surface area (TPSA) is 52.0 Å². The van der Waals surface area contributed by atoms with Crippen LogP contribution in [-0.2, 0) is 13.1 Å². The predicted molar refractivity (Wildman–Crippen MR) is 67.1 cm³/mol. The smallest absolute Gasteiger partial charge is 0.250 e. The zero-order valence-corrected chi connectivity index (χ0v) is 10.4. The summed E-state index contributed by atoms with van der Waals surface area (Å²) in [5, 5.41) is 3.34. The van der Waals surface area contributed by atoms with Gasteiger partial charge >= 0.3 is 0 Å². The number of pyridine rings is 1. The molecule has 0 aromatic carbocycles. The summed E-state index contributed by atoms with van der Waals surface area (Å²) >= 11 is 0. The first-order chi connectivity index (χ1) is 9.33. The number of rotatable bonds is 3. The van der Waals surface area contributed by atoms with Crippen LogP contribution < -0.4 is 10.1 Å². The second-order valence-electron chi connectivity index (χ2n) is 4.64. The highest BCUT2D eigenvalue weighted by Gasteiger charge is 2.17. The van der Waals surface area contributed by atoms with Gasteiger partial charge in [-0.1, -0.05) is 0 Å². The summed E-state index contributed by atoms with van der Waals surface area (Å²) in [7, 11) is 0. The number of imidazole rings is 1. The highest BCUT2D eigenvalue weighted by atomic mass is 19.1. The molecule has 19 heavy (non-hydrogen) atoms. The predicted octanol–water partition coefficient (Wildman–Crippen LogP) is 1.22. The van der Waals surface area contributed by atoms with E-state index in [9.17, 15) is 4.39 Å². The molecule has 3 heterocycles. The van der Waals surface area contributed by atoms with Gasteiger partial charge < -0.3 is 14.6 Å². The van der Waals surface area contributed by atoms with Crippen molar-refractivity contribution in [3.63, 3.8) is 0 Å². The van der Waals surface area contributed by atoms with Gasteiger partial charge in [-0.3, -0.25) is 0 Å². The van der Waals surface area contributed by atoms with E-state index in [0.29, 0.717) is 6.61 Å². The molecule has 1 N–H and O–H groups in total. The Hall–Kier alpha value is -1.95. The third kappa shape index (κ3) is 2.73. The van der Waals surface area contributed by atoms with E-state index in [1.54, 1.807) is 6.07 Å². The Balaban J connectivity index is 1.63. The van der Waals surface area contributed by atoms with Crippen molar-refractivity contribution in [2.75, 3.05) is 13.2 Å². The summed E-state index contributed by atoms with van der Waals surface area (Å²) in [5.74, 6) is -0.0955. The highest BCUT2D eigenvalue weighted by Crippen LogP contribution is 2.15. The number of fused-ring (bicyclic) bond motifs is 1. The van der Waals surface area contributed by atoms with Crippen molar-refractivity contribution in [2.24, 2.45) is 5.92 Å². The minimum absolute atomic E-state index is 0.0672. The number of halogens is 1. The van der Waals surface area contributed by atoms with Gasteiger partial charge in [-0.05, 0) is 12.1 Å². The third-order valence-corrected chi connectivity index (χ3v) is 3.17. The first-order valence-corrected chi connectivity index (χ1v) is 6.26. The molecular formula is C13H15FN4O. The van der Waals surface area contributed by atoms with Crippen molar-refractivity contribution < 1.29 is 9.13 Å². The van der Waals surface area contributed by atoms with E-state index in [0.717, 1.165) is 25.3 Å². The van der Waals surface area contributed by atoms with Crippen LogP contribution in [0.5, 0.6) is 5.88 Å². The lowest BCUT2D eigenvalue weighted by atomic mass is 10.1. The lowest BCUT2D eigenvalue weighted by Gasteiger charge is -2.15. The molecule has 1 atom stereocenters. The standard InChI is InChI=1S/C13H15FN4O/c14-12-2-1-3-17-13(12)19-8-10-4-15-5-11-6-16-9-18(11)7-10/h1-3,6,9-10,15H,4-5,7-8H2. The Morgan fingerprint density at radius 3 is 3.37 bits per heavy atom. The second kappa shape index (κ2) is 5.36. The minimum atomic E-state index is -0.424. The number of nitrogens with one attached hydrogen (secondary N) is 1. The third-order valence-electron chi connectivity index (χ3n) is 3.17. The molecule has 1 unspecified atom stereocenters. The van der Waals surface area contributed by atoms with Crippen LogP contribution in [0, 0.1) is 11.7 Å². The number of ether oxygens (including phenoxy) is 1. The van der Waals surface area contributed by atoms with E-state index in [1.165, 1.54) is 12.3 Å². The van der Waals surface area contributed by atoms with Crippen LogP contribution >= 0.6 is 0 Å². The van der Waals surface area contributed by atoms with E-state index in [4.69, 9.17) is 4.74 Å². The van der Waals surface area contributed by atoms with Crippen LogP contribution in [0.4, 0.5) is 4.39 Å². The molecule has 6 heteroatoms. The summed E-state index contributed by atoms with van der Waals surface area (Å²) in [6.07, 6.45) is 5.20. The van der Waals surface area contributed by atoms with Gasteiger partial charge in [0.25, 0.3) is 0 Å². The zero-order chi connectivity index (χ0) is 13.1. The molecule has 0 aliphatic carbocycles. The second-order valence-corrected chi connectivity index (χ2v) is 4.64. The fourth-order valence-corrected chi connectivity index (χ4v) is 2.19. The molecule has 0 radical (unpaired) electrons. The molecule has 0 fully saturated rings. The summed E-state index contributed by atoms with van der Waals surface area (Å²) < 4.78 is 21.0. The van der Waals surface area contributed by atoms with Crippen molar-refractivity contribution in [3.05, 3.63) is 42.4 Å². The van der Waals surface area contributed by atoms with Crippen molar-refractivity contribution in [2.45, 2.75) is 13.1 Å². The van der Waals surface area contributed by atoms with Gasteiger partial charge in [0.2, 0.25) is 5.88 Å². The average Bonchev–Trinajstić information content (AvgIpc) is 2.76. The fraction of sp³-hybridized carbons (Fsp3) is 0.385. The first-order valence-electron chi connectivity index (χ1n) is 6.26. The Labute approximate surface area is 110 Å². The van der Waals surface area contributed by atoms with E-state index in [-0.39, 0.29) is 11.8 Å². The van der Waals surface area contributed by atoms with Crippen molar-refractivity contribution >= 4 is 0 Å². The van der Waals surface area contributed by atoms with Crippen LogP contribution in [0.3, 0.4) is 0 Å². The number of hydrogen-bond donors (Lipinski definition) is 1. The summed E-state index contributed by atoms with van der Waals surface area (Å²) in [6, 6.07) is 2.90. The van der Waals surface area contributed by atoms with Crippen LogP contribution in [0.25, 0.3) is 0 Å². The summed E-state index contributed by atoms with van der Waals surface area (Å²) in [5.41, 5.74) is 1.16. The zero-order valence-electron chi connectivity index (χ0n) is 10.4. The molecule has 0 bridgehead atoms. The van der Waals surface area contributed by atoms with Crippen molar-refractivity contribution in [3.8, 4) is 5.88 Å². The van der Waals surface area contributed by atoms with E-state index >= 15 is 0 Å².